The number of rotatable bonds is 3. The molecule has 0 aromatic rings. The van der Waals surface area contributed by atoms with Gasteiger partial charge in [0, 0.05) is 12.6 Å². The summed E-state index contributed by atoms with van der Waals surface area (Å²) in [6.45, 7) is 0.961. The molecule has 0 amide bonds. The molecule has 2 heteroatoms. The molecule has 3 rings (SSSR count). The highest BCUT2D eigenvalue weighted by Crippen LogP contribution is 2.42. The number of hydrogen-bond donors (Lipinski definition) is 1. The van der Waals surface area contributed by atoms with Gasteiger partial charge in [-0.05, 0) is 43.9 Å². The number of nitrogens with two attached hydrogens (primary N) is 1. The average molecular weight is 265 g/mol. The highest BCUT2D eigenvalue weighted by atomic mass is 16.5. The van der Waals surface area contributed by atoms with E-state index in [0.717, 1.165) is 18.4 Å². The summed E-state index contributed by atoms with van der Waals surface area (Å²) in [5.74, 6) is 1.66. The molecule has 1 saturated heterocycles. The first kappa shape index (κ1) is 13.9. The van der Waals surface area contributed by atoms with Gasteiger partial charge in [-0.1, -0.05) is 44.9 Å². The maximum absolute atomic E-state index is 6.56. The molecule has 19 heavy (non-hydrogen) atoms. The molecule has 1 heterocycles. The highest BCUT2D eigenvalue weighted by molar-refractivity contribution is 4.93. The van der Waals surface area contributed by atoms with E-state index in [-0.39, 0.29) is 5.60 Å². The Balaban J connectivity index is 1.54. The lowest BCUT2D eigenvalue weighted by atomic mass is 9.73. The summed E-state index contributed by atoms with van der Waals surface area (Å²) in [6.07, 6.45) is 16.2. The largest absolute Gasteiger partial charge is 0.375 e. The number of ether oxygens (including phenoxy) is 1. The van der Waals surface area contributed by atoms with Gasteiger partial charge in [-0.2, -0.15) is 0 Å². The zero-order valence-corrected chi connectivity index (χ0v) is 12.4. The Kier molecular flexibility index (Phi) is 4.48. The molecular formula is C17H31NO. The van der Waals surface area contributed by atoms with Crippen LogP contribution >= 0.6 is 0 Å². The molecule has 0 aromatic carbocycles. The van der Waals surface area contributed by atoms with Gasteiger partial charge >= 0.3 is 0 Å². The van der Waals surface area contributed by atoms with Crippen LogP contribution in [0.2, 0.25) is 0 Å². The molecule has 0 bridgehead atoms. The summed E-state index contributed by atoms with van der Waals surface area (Å²) >= 11 is 0. The second kappa shape index (κ2) is 6.13. The molecule has 0 aromatic heterocycles. The Labute approximate surface area is 118 Å². The lowest BCUT2D eigenvalue weighted by Gasteiger charge is -2.45. The Morgan fingerprint density at radius 1 is 1.00 bits per heavy atom. The molecular weight excluding hydrogens is 234 g/mol. The fraction of sp³-hybridized carbons (Fsp3) is 1.00. The lowest BCUT2D eigenvalue weighted by Crippen LogP contribution is -2.46. The first-order valence-electron chi connectivity index (χ1n) is 8.67. The second-order valence-corrected chi connectivity index (χ2v) is 7.40. The molecule has 3 fully saturated rings. The topological polar surface area (TPSA) is 35.2 Å². The van der Waals surface area contributed by atoms with Gasteiger partial charge in [-0.15, -0.1) is 0 Å². The molecule has 2 saturated carbocycles. The molecule has 0 radical (unpaired) electrons. The van der Waals surface area contributed by atoms with Gasteiger partial charge in [0.25, 0.3) is 0 Å². The van der Waals surface area contributed by atoms with Crippen molar-refractivity contribution in [3.8, 4) is 0 Å². The SMILES string of the molecule is NC(CC1CCCC1)C1CCOC2(CCCCC2)C1. The van der Waals surface area contributed by atoms with E-state index in [1.165, 1.54) is 77.0 Å². The van der Waals surface area contributed by atoms with Crippen molar-refractivity contribution >= 4 is 0 Å². The van der Waals surface area contributed by atoms with Crippen molar-refractivity contribution in [3.05, 3.63) is 0 Å². The van der Waals surface area contributed by atoms with Crippen LogP contribution in [0.4, 0.5) is 0 Å². The van der Waals surface area contributed by atoms with Crippen LogP contribution in [0.5, 0.6) is 0 Å². The van der Waals surface area contributed by atoms with Crippen LogP contribution in [0.3, 0.4) is 0 Å². The van der Waals surface area contributed by atoms with Crippen molar-refractivity contribution in [3.63, 3.8) is 0 Å². The van der Waals surface area contributed by atoms with Crippen molar-refractivity contribution in [2.45, 2.75) is 88.7 Å². The van der Waals surface area contributed by atoms with Gasteiger partial charge in [0.05, 0.1) is 5.60 Å². The van der Waals surface area contributed by atoms with Crippen LogP contribution in [-0.2, 0) is 4.74 Å². The Morgan fingerprint density at radius 3 is 2.47 bits per heavy atom. The summed E-state index contributed by atoms with van der Waals surface area (Å²) in [5, 5.41) is 0. The monoisotopic (exact) mass is 265 g/mol. The quantitative estimate of drug-likeness (QED) is 0.836. The third-order valence-corrected chi connectivity index (χ3v) is 5.98. The Morgan fingerprint density at radius 2 is 1.74 bits per heavy atom. The predicted molar refractivity (Wildman–Crippen MR) is 79.0 cm³/mol. The van der Waals surface area contributed by atoms with Gasteiger partial charge in [-0.25, -0.2) is 0 Å². The molecule has 110 valence electrons. The van der Waals surface area contributed by atoms with Crippen LogP contribution in [0.1, 0.15) is 77.0 Å². The Hall–Kier alpha value is -0.0800. The van der Waals surface area contributed by atoms with Gasteiger partial charge in [0.1, 0.15) is 0 Å². The van der Waals surface area contributed by atoms with Gasteiger partial charge in [-0.3, -0.25) is 0 Å². The molecule has 2 aliphatic carbocycles. The van der Waals surface area contributed by atoms with Gasteiger partial charge in [0.2, 0.25) is 0 Å². The van der Waals surface area contributed by atoms with Crippen LogP contribution in [0.25, 0.3) is 0 Å². The Bertz CT molecular complexity index is 273. The summed E-state index contributed by atoms with van der Waals surface area (Å²) in [4.78, 5) is 0. The van der Waals surface area contributed by atoms with E-state index in [2.05, 4.69) is 0 Å². The van der Waals surface area contributed by atoms with Crippen LogP contribution in [-0.4, -0.2) is 18.2 Å². The molecule has 2 atom stereocenters. The minimum atomic E-state index is 0.231. The zero-order valence-electron chi connectivity index (χ0n) is 12.4. The maximum Gasteiger partial charge on any atom is 0.0685 e. The van der Waals surface area contributed by atoms with Crippen molar-refractivity contribution in [1.29, 1.82) is 0 Å². The van der Waals surface area contributed by atoms with Crippen LogP contribution < -0.4 is 5.73 Å². The third kappa shape index (κ3) is 3.33. The van der Waals surface area contributed by atoms with Crippen LogP contribution in [0.15, 0.2) is 0 Å². The second-order valence-electron chi connectivity index (χ2n) is 7.40. The lowest BCUT2D eigenvalue weighted by molar-refractivity contribution is -0.121. The maximum atomic E-state index is 6.56. The molecule has 3 aliphatic rings. The third-order valence-electron chi connectivity index (χ3n) is 5.98. The van der Waals surface area contributed by atoms with Crippen molar-refractivity contribution < 1.29 is 4.74 Å². The van der Waals surface area contributed by atoms with E-state index in [1.807, 2.05) is 0 Å². The minimum absolute atomic E-state index is 0.231. The average Bonchev–Trinajstić information content (AvgIpc) is 2.92. The van der Waals surface area contributed by atoms with Gasteiger partial charge in [0.15, 0.2) is 0 Å². The first-order chi connectivity index (χ1) is 9.27. The summed E-state index contributed by atoms with van der Waals surface area (Å²) in [6, 6.07) is 0.436. The van der Waals surface area contributed by atoms with Gasteiger partial charge < -0.3 is 10.5 Å². The normalized spacial score (nSPS) is 33.6. The van der Waals surface area contributed by atoms with E-state index in [1.54, 1.807) is 0 Å². The standard InChI is InChI=1S/C17H31NO/c18-16(12-14-6-2-3-7-14)15-8-11-19-17(13-15)9-4-1-5-10-17/h14-16H,1-13,18H2. The molecule has 1 aliphatic heterocycles. The minimum Gasteiger partial charge on any atom is -0.375 e. The van der Waals surface area contributed by atoms with Crippen molar-refractivity contribution in [2.75, 3.05) is 6.61 Å². The van der Waals surface area contributed by atoms with E-state index < -0.39 is 0 Å². The summed E-state index contributed by atoms with van der Waals surface area (Å²) in [5.41, 5.74) is 6.79. The summed E-state index contributed by atoms with van der Waals surface area (Å²) in [7, 11) is 0. The zero-order chi connectivity index (χ0) is 13.1. The molecule has 2 nitrogen and oxygen atoms in total. The first-order valence-corrected chi connectivity index (χ1v) is 8.67. The highest BCUT2D eigenvalue weighted by Gasteiger charge is 2.40. The van der Waals surface area contributed by atoms with E-state index in [9.17, 15) is 0 Å². The van der Waals surface area contributed by atoms with Crippen molar-refractivity contribution in [1.82, 2.24) is 0 Å². The fourth-order valence-corrected chi connectivity index (χ4v) is 4.80. The smallest absolute Gasteiger partial charge is 0.0685 e. The summed E-state index contributed by atoms with van der Waals surface area (Å²) < 4.78 is 6.20. The molecule has 1 spiro atoms. The van der Waals surface area contributed by atoms with E-state index >= 15 is 0 Å². The van der Waals surface area contributed by atoms with Crippen LogP contribution in [0, 0.1) is 11.8 Å². The molecule has 2 N–H and O–H groups in total. The van der Waals surface area contributed by atoms with E-state index in [0.29, 0.717) is 6.04 Å². The fourth-order valence-electron chi connectivity index (χ4n) is 4.80. The molecule has 2 unspecified atom stereocenters. The van der Waals surface area contributed by atoms with Crippen molar-refractivity contribution in [2.24, 2.45) is 17.6 Å². The predicted octanol–water partition coefficient (Wildman–Crippen LogP) is 4.02. The number of hydrogen-bond acceptors (Lipinski definition) is 2. The van der Waals surface area contributed by atoms with E-state index in [4.69, 9.17) is 10.5 Å².